The van der Waals surface area contributed by atoms with E-state index < -0.39 is 0 Å². The Morgan fingerprint density at radius 3 is 2.63 bits per heavy atom. The second-order valence-electron chi connectivity index (χ2n) is 7.03. The molecule has 4 unspecified atom stereocenters. The maximum absolute atomic E-state index is 3.94. The highest BCUT2D eigenvalue weighted by Gasteiger charge is 2.22. The highest BCUT2D eigenvalue weighted by Crippen LogP contribution is 2.24. The molecule has 1 aliphatic carbocycles. The van der Waals surface area contributed by atoms with Gasteiger partial charge < -0.3 is 10.6 Å². The van der Waals surface area contributed by atoms with Gasteiger partial charge in [0.05, 0.1) is 0 Å². The highest BCUT2D eigenvalue weighted by atomic mass is 15.0. The maximum atomic E-state index is 3.94. The molecule has 0 bridgehead atoms. The summed E-state index contributed by atoms with van der Waals surface area (Å²) in [6.45, 7) is 6.07. The van der Waals surface area contributed by atoms with Crippen molar-refractivity contribution in [2.75, 3.05) is 6.54 Å². The lowest BCUT2D eigenvalue weighted by molar-refractivity contribution is 0.302. The van der Waals surface area contributed by atoms with E-state index in [2.05, 4.69) is 24.5 Å². The summed E-state index contributed by atoms with van der Waals surface area (Å²) in [5, 5.41) is 7.67. The SMILES string of the molecule is CC(CC1CCCCCN1)NC1CCCCCC1C. The molecule has 2 nitrogen and oxygen atoms in total. The molecule has 2 aliphatic rings. The summed E-state index contributed by atoms with van der Waals surface area (Å²) in [5.74, 6) is 0.868. The van der Waals surface area contributed by atoms with Gasteiger partial charge in [-0.15, -0.1) is 0 Å². The summed E-state index contributed by atoms with van der Waals surface area (Å²) >= 11 is 0. The third-order valence-electron chi connectivity index (χ3n) is 5.16. The van der Waals surface area contributed by atoms with Gasteiger partial charge in [0.25, 0.3) is 0 Å². The van der Waals surface area contributed by atoms with Crippen LogP contribution in [0.1, 0.15) is 78.1 Å². The molecule has 2 heteroatoms. The van der Waals surface area contributed by atoms with Gasteiger partial charge in [-0.1, -0.05) is 39.0 Å². The molecule has 0 aromatic rings. The van der Waals surface area contributed by atoms with Crippen LogP contribution in [0.4, 0.5) is 0 Å². The molecule has 2 fully saturated rings. The summed E-state index contributed by atoms with van der Waals surface area (Å²) in [5.41, 5.74) is 0. The van der Waals surface area contributed by atoms with Crippen LogP contribution in [0.25, 0.3) is 0 Å². The van der Waals surface area contributed by atoms with E-state index in [1.807, 2.05) is 0 Å². The normalized spacial score (nSPS) is 35.4. The van der Waals surface area contributed by atoms with Gasteiger partial charge in [-0.2, -0.15) is 0 Å². The minimum absolute atomic E-state index is 0.668. The van der Waals surface area contributed by atoms with Gasteiger partial charge in [-0.3, -0.25) is 0 Å². The summed E-state index contributed by atoms with van der Waals surface area (Å²) < 4.78 is 0. The molecule has 19 heavy (non-hydrogen) atoms. The van der Waals surface area contributed by atoms with E-state index in [0.29, 0.717) is 6.04 Å². The van der Waals surface area contributed by atoms with Crippen LogP contribution in [-0.2, 0) is 0 Å². The van der Waals surface area contributed by atoms with E-state index in [-0.39, 0.29) is 0 Å². The molecule has 2 rings (SSSR count). The summed E-state index contributed by atoms with van der Waals surface area (Å²) in [7, 11) is 0. The highest BCUT2D eigenvalue weighted by molar-refractivity contribution is 4.82. The molecule has 4 atom stereocenters. The summed E-state index contributed by atoms with van der Waals surface area (Å²) in [6.07, 6.45) is 14.0. The van der Waals surface area contributed by atoms with Crippen molar-refractivity contribution in [3.05, 3.63) is 0 Å². The first-order valence-electron chi connectivity index (χ1n) is 8.75. The number of rotatable bonds is 4. The van der Waals surface area contributed by atoms with Gasteiger partial charge in [0.2, 0.25) is 0 Å². The molecule has 0 aromatic heterocycles. The lowest BCUT2D eigenvalue weighted by Gasteiger charge is -2.29. The Kier molecular flexibility index (Phi) is 6.66. The molecular formula is C17H34N2. The van der Waals surface area contributed by atoms with Crippen LogP contribution in [0.5, 0.6) is 0 Å². The van der Waals surface area contributed by atoms with E-state index in [0.717, 1.165) is 18.0 Å². The number of nitrogens with one attached hydrogen (secondary N) is 2. The zero-order valence-electron chi connectivity index (χ0n) is 13.1. The first kappa shape index (κ1) is 15.3. The van der Waals surface area contributed by atoms with E-state index >= 15 is 0 Å². The van der Waals surface area contributed by atoms with Crippen molar-refractivity contribution in [2.24, 2.45) is 5.92 Å². The van der Waals surface area contributed by atoms with Crippen molar-refractivity contribution < 1.29 is 0 Å². The molecule has 2 N–H and O–H groups in total. The summed E-state index contributed by atoms with van der Waals surface area (Å²) in [6, 6.07) is 2.19. The van der Waals surface area contributed by atoms with Crippen LogP contribution in [0.3, 0.4) is 0 Å². The van der Waals surface area contributed by atoms with Gasteiger partial charge in [0, 0.05) is 18.1 Å². The quantitative estimate of drug-likeness (QED) is 0.755. The molecule has 1 heterocycles. The van der Waals surface area contributed by atoms with Crippen LogP contribution in [0.2, 0.25) is 0 Å². The minimum atomic E-state index is 0.668. The largest absolute Gasteiger partial charge is 0.314 e. The predicted octanol–water partition coefficient (Wildman–Crippen LogP) is 3.86. The number of hydrogen-bond donors (Lipinski definition) is 2. The lowest BCUT2D eigenvalue weighted by atomic mass is 9.95. The van der Waals surface area contributed by atoms with Crippen LogP contribution >= 0.6 is 0 Å². The zero-order valence-corrected chi connectivity index (χ0v) is 13.1. The van der Waals surface area contributed by atoms with Crippen molar-refractivity contribution in [3.8, 4) is 0 Å². The first-order valence-corrected chi connectivity index (χ1v) is 8.75. The average Bonchev–Trinajstić information content (AvgIpc) is 2.74. The molecule has 1 saturated heterocycles. The lowest BCUT2D eigenvalue weighted by Crippen LogP contribution is -2.43. The van der Waals surface area contributed by atoms with Crippen molar-refractivity contribution in [3.63, 3.8) is 0 Å². The van der Waals surface area contributed by atoms with Crippen molar-refractivity contribution >= 4 is 0 Å². The zero-order chi connectivity index (χ0) is 13.5. The third-order valence-corrected chi connectivity index (χ3v) is 5.16. The van der Waals surface area contributed by atoms with Gasteiger partial charge in [-0.25, -0.2) is 0 Å². The molecule has 112 valence electrons. The molecule has 0 aromatic carbocycles. The van der Waals surface area contributed by atoms with Gasteiger partial charge in [-0.05, 0) is 51.5 Å². The fourth-order valence-corrected chi connectivity index (χ4v) is 3.90. The van der Waals surface area contributed by atoms with Crippen LogP contribution in [0, 0.1) is 5.92 Å². The Balaban J connectivity index is 1.74. The smallest absolute Gasteiger partial charge is 0.00951 e. The predicted molar refractivity (Wildman–Crippen MR) is 83.5 cm³/mol. The minimum Gasteiger partial charge on any atom is -0.314 e. The van der Waals surface area contributed by atoms with Crippen molar-refractivity contribution in [1.29, 1.82) is 0 Å². The Bertz CT molecular complexity index is 233. The standard InChI is InChI=1S/C17H34N2/c1-14-9-5-3-7-11-17(14)19-15(2)13-16-10-6-4-8-12-18-16/h14-19H,3-13H2,1-2H3. The van der Waals surface area contributed by atoms with Crippen LogP contribution < -0.4 is 10.6 Å². The van der Waals surface area contributed by atoms with Crippen molar-refractivity contribution in [2.45, 2.75) is 96.2 Å². The van der Waals surface area contributed by atoms with Crippen LogP contribution in [0.15, 0.2) is 0 Å². The molecule has 0 radical (unpaired) electrons. The molecule has 0 spiro atoms. The van der Waals surface area contributed by atoms with Gasteiger partial charge in [0.15, 0.2) is 0 Å². The fraction of sp³-hybridized carbons (Fsp3) is 1.00. The Morgan fingerprint density at radius 2 is 1.74 bits per heavy atom. The van der Waals surface area contributed by atoms with E-state index in [9.17, 15) is 0 Å². The van der Waals surface area contributed by atoms with E-state index in [1.54, 1.807) is 0 Å². The summed E-state index contributed by atoms with van der Waals surface area (Å²) in [4.78, 5) is 0. The first-order chi connectivity index (χ1) is 9.25. The van der Waals surface area contributed by atoms with E-state index in [1.165, 1.54) is 70.8 Å². The average molecular weight is 266 g/mol. The van der Waals surface area contributed by atoms with Crippen molar-refractivity contribution in [1.82, 2.24) is 10.6 Å². The molecule has 0 amide bonds. The topological polar surface area (TPSA) is 24.1 Å². The van der Waals surface area contributed by atoms with Gasteiger partial charge >= 0.3 is 0 Å². The second-order valence-corrected chi connectivity index (χ2v) is 7.03. The Morgan fingerprint density at radius 1 is 1.00 bits per heavy atom. The second kappa shape index (κ2) is 8.26. The fourth-order valence-electron chi connectivity index (χ4n) is 3.90. The van der Waals surface area contributed by atoms with Crippen LogP contribution in [-0.4, -0.2) is 24.7 Å². The Hall–Kier alpha value is -0.0800. The monoisotopic (exact) mass is 266 g/mol. The Labute approximate surface area is 120 Å². The van der Waals surface area contributed by atoms with E-state index in [4.69, 9.17) is 0 Å². The molecule has 1 aliphatic heterocycles. The maximum Gasteiger partial charge on any atom is 0.00951 e. The third kappa shape index (κ3) is 5.43. The molecule has 1 saturated carbocycles. The van der Waals surface area contributed by atoms with Gasteiger partial charge in [0.1, 0.15) is 0 Å². The number of hydrogen-bond acceptors (Lipinski definition) is 2. The molecular weight excluding hydrogens is 232 g/mol.